The van der Waals surface area contributed by atoms with Crippen molar-refractivity contribution in [3.05, 3.63) is 101 Å². The maximum Gasteiger partial charge on any atom is 0.233 e. The molecule has 3 aliphatic rings. The second-order valence-corrected chi connectivity index (χ2v) is 12.0. The number of benzene rings is 3. The molecule has 2 amide bonds. The Morgan fingerprint density at radius 1 is 0.902 bits per heavy atom. The number of hydrogen-bond donors (Lipinski definition) is 0. The number of amides is 2. The molecule has 8 heteroatoms. The number of piperidine rings is 1. The summed E-state index contributed by atoms with van der Waals surface area (Å²) >= 11 is 0. The maximum absolute atomic E-state index is 14.3. The highest BCUT2D eigenvalue weighted by molar-refractivity contribution is 5.95. The zero-order chi connectivity index (χ0) is 28.9. The molecule has 0 N–H and O–H groups in total. The monoisotopic (exact) mass is 561 g/mol. The van der Waals surface area contributed by atoms with Gasteiger partial charge in [0, 0.05) is 44.7 Å². The molecule has 0 aromatic heterocycles. The first-order valence-corrected chi connectivity index (χ1v) is 14.2. The zero-order valence-electron chi connectivity index (χ0n) is 23.4. The Balaban J connectivity index is 1.18. The number of carbonyl (C=O) groups excluding carboxylic acids is 2. The Morgan fingerprint density at radius 3 is 2.15 bits per heavy atom. The molecule has 2 heterocycles. The lowest BCUT2D eigenvalue weighted by Gasteiger charge is -2.40. The van der Waals surface area contributed by atoms with Crippen LogP contribution in [0, 0.1) is 23.4 Å². The Hall–Kier alpha value is -3.65. The second kappa shape index (κ2) is 10.3. The fourth-order valence-corrected chi connectivity index (χ4v) is 7.14. The smallest absolute Gasteiger partial charge is 0.233 e. The molecule has 0 unspecified atom stereocenters. The minimum Gasteiger partial charge on any atom is -0.341 e. The summed E-state index contributed by atoms with van der Waals surface area (Å²) in [5, 5.41) is 0. The van der Waals surface area contributed by atoms with Crippen LogP contribution in [0.2, 0.25) is 0 Å². The standard InChI is InChI=1S/C33H34F3N3O2/c1-22(40)39-21-32(29-17-28(36)11-12-30(29)39)13-15-38(16-14-32)20-25-18-33(25,24-5-9-27(35)10-6-24)31(41)37(2)19-23-3-7-26(34)8-4-23/h3-12,17,25H,13-16,18-21H2,1-2H3/t25-,33+/m0/s1. The number of halogens is 3. The average molecular weight is 562 g/mol. The number of hydrogen-bond acceptors (Lipinski definition) is 3. The fourth-order valence-electron chi connectivity index (χ4n) is 7.14. The molecule has 3 aromatic rings. The van der Waals surface area contributed by atoms with Gasteiger partial charge in [-0.1, -0.05) is 24.3 Å². The van der Waals surface area contributed by atoms with Crippen molar-refractivity contribution in [2.75, 3.05) is 38.1 Å². The molecule has 6 rings (SSSR count). The summed E-state index contributed by atoms with van der Waals surface area (Å²) in [5.74, 6) is -0.959. The van der Waals surface area contributed by atoms with E-state index in [0.717, 1.165) is 54.9 Å². The van der Waals surface area contributed by atoms with Gasteiger partial charge in [0.25, 0.3) is 0 Å². The minimum absolute atomic E-state index is 0.0239. The molecular formula is C33H34F3N3O2. The first-order chi connectivity index (χ1) is 19.6. The first-order valence-electron chi connectivity index (χ1n) is 14.2. The van der Waals surface area contributed by atoms with Gasteiger partial charge < -0.3 is 14.7 Å². The molecule has 0 radical (unpaired) electrons. The Kier molecular flexibility index (Phi) is 6.92. The molecule has 2 atom stereocenters. The van der Waals surface area contributed by atoms with Crippen molar-refractivity contribution in [1.82, 2.24) is 9.80 Å². The van der Waals surface area contributed by atoms with Gasteiger partial charge in [-0.05, 0) is 97.4 Å². The van der Waals surface area contributed by atoms with Gasteiger partial charge in [-0.15, -0.1) is 0 Å². The number of rotatable bonds is 6. The van der Waals surface area contributed by atoms with E-state index in [1.807, 2.05) is 0 Å². The number of fused-ring (bicyclic) bond motifs is 2. The Bertz CT molecular complexity index is 1470. The first kappa shape index (κ1) is 27.5. The van der Waals surface area contributed by atoms with Crippen LogP contribution in [-0.4, -0.2) is 54.8 Å². The summed E-state index contributed by atoms with van der Waals surface area (Å²) in [4.78, 5) is 32.1. The zero-order valence-corrected chi connectivity index (χ0v) is 23.4. The van der Waals surface area contributed by atoms with E-state index in [1.165, 1.54) is 30.3 Å². The largest absolute Gasteiger partial charge is 0.341 e. The fraction of sp³-hybridized carbons (Fsp3) is 0.394. The highest BCUT2D eigenvalue weighted by atomic mass is 19.1. The van der Waals surface area contributed by atoms with Crippen molar-refractivity contribution in [3.63, 3.8) is 0 Å². The summed E-state index contributed by atoms with van der Waals surface area (Å²) in [6.45, 7) is 4.73. The van der Waals surface area contributed by atoms with Crippen LogP contribution >= 0.6 is 0 Å². The number of nitrogens with zero attached hydrogens (tertiary/aromatic N) is 3. The third-order valence-corrected chi connectivity index (χ3v) is 9.48. The maximum atomic E-state index is 14.3. The van der Waals surface area contributed by atoms with Crippen molar-refractivity contribution >= 4 is 17.5 Å². The van der Waals surface area contributed by atoms with E-state index in [2.05, 4.69) is 4.90 Å². The Morgan fingerprint density at radius 2 is 1.51 bits per heavy atom. The van der Waals surface area contributed by atoms with Gasteiger partial charge in [-0.2, -0.15) is 0 Å². The van der Waals surface area contributed by atoms with Gasteiger partial charge in [0.15, 0.2) is 0 Å². The van der Waals surface area contributed by atoms with Crippen molar-refractivity contribution in [2.24, 2.45) is 5.92 Å². The third kappa shape index (κ3) is 4.92. The van der Waals surface area contributed by atoms with Crippen LogP contribution in [0.5, 0.6) is 0 Å². The summed E-state index contributed by atoms with van der Waals surface area (Å²) in [6.07, 6.45) is 2.25. The van der Waals surface area contributed by atoms with Gasteiger partial charge in [0.1, 0.15) is 17.5 Å². The van der Waals surface area contributed by atoms with Crippen LogP contribution in [-0.2, 0) is 27.0 Å². The van der Waals surface area contributed by atoms with E-state index in [0.29, 0.717) is 19.5 Å². The Labute approximate surface area is 238 Å². The number of likely N-dealkylation sites (N-methyl/N-ethyl adjacent to an activating group) is 1. The number of carbonyl (C=O) groups is 2. The normalized spacial score (nSPS) is 23.0. The van der Waals surface area contributed by atoms with Crippen molar-refractivity contribution in [3.8, 4) is 0 Å². The van der Waals surface area contributed by atoms with Crippen LogP contribution in [0.25, 0.3) is 0 Å². The molecule has 2 fully saturated rings. The van der Waals surface area contributed by atoms with E-state index in [9.17, 15) is 22.8 Å². The molecule has 0 bridgehead atoms. The molecule has 1 saturated carbocycles. The number of anilines is 1. The molecular weight excluding hydrogens is 527 g/mol. The third-order valence-electron chi connectivity index (χ3n) is 9.48. The van der Waals surface area contributed by atoms with E-state index < -0.39 is 5.41 Å². The topological polar surface area (TPSA) is 43.9 Å². The summed E-state index contributed by atoms with van der Waals surface area (Å²) < 4.78 is 41.5. The van der Waals surface area contributed by atoms with Crippen molar-refractivity contribution < 1.29 is 22.8 Å². The second-order valence-electron chi connectivity index (χ2n) is 12.0. The molecule has 1 aliphatic carbocycles. The predicted molar refractivity (Wildman–Crippen MR) is 151 cm³/mol. The minimum atomic E-state index is -0.744. The van der Waals surface area contributed by atoms with E-state index >= 15 is 0 Å². The number of likely N-dealkylation sites (tertiary alicyclic amines) is 1. The summed E-state index contributed by atoms with van der Waals surface area (Å²) in [5.41, 5.74) is 2.35. The molecule has 41 heavy (non-hydrogen) atoms. The van der Waals surface area contributed by atoms with Gasteiger partial charge >= 0.3 is 0 Å². The molecule has 1 saturated heterocycles. The summed E-state index contributed by atoms with van der Waals surface area (Å²) in [7, 11) is 1.76. The van der Waals surface area contributed by atoms with Gasteiger partial charge in [0.05, 0.1) is 5.41 Å². The molecule has 5 nitrogen and oxygen atoms in total. The molecule has 2 aliphatic heterocycles. The highest BCUT2D eigenvalue weighted by Crippen LogP contribution is 2.56. The quantitative estimate of drug-likeness (QED) is 0.404. The molecule has 1 spiro atoms. The highest BCUT2D eigenvalue weighted by Gasteiger charge is 2.62. The van der Waals surface area contributed by atoms with E-state index in [-0.39, 0.29) is 40.6 Å². The van der Waals surface area contributed by atoms with Crippen molar-refractivity contribution in [1.29, 1.82) is 0 Å². The summed E-state index contributed by atoms with van der Waals surface area (Å²) in [6, 6.07) is 17.1. The van der Waals surface area contributed by atoms with Crippen molar-refractivity contribution in [2.45, 2.75) is 43.6 Å². The molecule has 214 valence electrons. The van der Waals surface area contributed by atoms with E-state index in [4.69, 9.17) is 0 Å². The van der Waals surface area contributed by atoms with Crippen LogP contribution in [0.1, 0.15) is 42.9 Å². The lowest BCUT2D eigenvalue weighted by Crippen LogP contribution is -2.47. The molecule has 3 aromatic carbocycles. The lowest BCUT2D eigenvalue weighted by atomic mass is 9.74. The van der Waals surface area contributed by atoms with Crippen LogP contribution in [0.15, 0.2) is 66.7 Å². The average Bonchev–Trinajstić information content (AvgIpc) is 3.59. The van der Waals surface area contributed by atoms with Gasteiger partial charge in [0.2, 0.25) is 11.8 Å². The SMILES string of the molecule is CC(=O)N1CC2(CCN(C[C@@H]3C[C@@]3(C(=O)N(C)Cc3ccc(F)cc3)c3ccc(F)cc3)CC2)c2cc(F)ccc21. The van der Waals surface area contributed by atoms with Gasteiger partial charge in [-0.3, -0.25) is 9.59 Å². The predicted octanol–water partition coefficient (Wildman–Crippen LogP) is 5.42. The van der Waals surface area contributed by atoms with Crippen LogP contribution in [0.4, 0.5) is 18.9 Å². The van der Waals surface area contributed by atoms with E-state index in [1.54, 1.807) is 60.2 Å². The lowest BCUT2D eigenvalue weighted by molar-refractivity contribution is -0.133. The van der Waals surface area contributed by atoms with Crippen LogP contribution < -0.4 is 4.90 Å². The van der Waals surface area contributed by atoms with Crippen LogP contribution in [0.3, 0.4) is 0 Å². The van der Waals surface area contributed by atoms with Gasteiger partial charge in [-0.25, -0.2) is 13.2 Å².